The van der Waals surface area contributed by atoms with Gasteiger partial charge in [0.25, 0.3) is 0 Å². The third-order valence-electron chi connectivity index (χ3n) is 2.18. The summed E-state index contributed by atoms with van der Waals surface area (Å²) < 4.78 is 4.95. The van der Waals surface area contributed by atoms with E-state index in [4.69, 9.17) is 4.74 Å². The molecule has 1 heterocycles. The van der Waals surface area contributed by atoms with Crippen molar-refractivity contribution in [3.05, 3.63) is 46.7 Å². The average Bonchev–Trinajstić information content (AvgIpc) is 2.80. The fourth-order valence-corrected chi connectivity index (χ4v) is 2.24. The zero-order valence-corrected chi connectivity index (χ0v) is 9.79. The summed E-state index contributed by atoms with van der Waals surface area (Å²) in [5.41, 5.74) is 2.18. The molecule has 0 aliphatic rings. The summed E-state index contributed by atoms with van der Waals surface area (Å²) in [6.07, 6.45) is 0. The molecule has 1 aromatic carbocycles. The SMILES string of the molecule is CCOC(=O)c1cc(-c2ccccc2)cs1. The van der Waals surface area contributed by atoms with Gasteiger partial charge in [-0.15, -0.1) is 11.3 Å². The molecule has 2 rings (SSSR count). The molecule has 0 aliphatic carbocycles. The molecule has 0 bridgehead atoms. The van der Waals surface area contributed by atoms with Crippen molar-refractivity contribution in [2.24, 2.45) is 0 Å². The van der Waals surface area contributed by atoms with E-state index >= 15 is 0 Å². The molecule has 0 fully saturated rings. The maximum absolute atomic E-state index is 11.5. The summed E-state index contributed by atoms with van der Waals surface area (Å²) in [5, 5.41) is 1.97. The number of hydrogen-bond acceptors (Lipinski definition) is 3. The lowest BCUT2D eigenvalue weighted by Gasteiger charge is -1.97. The van der Waals surface area contributed by atoms with Gasteiger partial charge in [0.05, 0.1) is 6.61 Å². The second-order valence-corrected chi connectivity index (χ2v) is 4.20. The summed E-state index contributed by atoms with van der Waals surface area (Å²) in [6, 6.07) is 11.9. The lowest BCUT2D eigenvalue weighted by molar-refractivity contribution is 0.0532. The minimum atomic E-state index is -0.241. The molecule has 2 aromatic rings. The number of thiophene rings is 1. The molecule has 0 atom stereocenters. The lowest BCUT2D eigenvalue weighted by atomic mass is 10.1. The summed E-state index contributed by atoms with van der Waals surface area (Å²) in [4.78, 5) is 12.1. The Morgan fingerprint density at radius 1 is 1.25 bits per heavy atom. The fourth-order valence-electron chi connectivity index (χ4n) is 1.43. The maximum Gasteiger partial charge on any atom is 0.348 e. The molecule has 3 heteroatoms. The molecule has 1 aromatic heterocycles. The average molecular weight is 232 g/mol. The molecule has 0 unspecified atom stereocenters. The highest BCUT2D eigenvalue weighted by molar-refractivity contribution is 7.12. The molecule has 16 heavy (non-hydrogen) atoms. The van der Waals surface area contributed by atoms with Crippen molar-refractivity contribution in [3.8, 4) is 11.1 Å². The third kappa shape index (κ3) is 2.31. The van der Waals surface area contributed by atoms with Gasteiger partial charge in [0, 0.05) is 0 Å². The molecule has 2 nitrogen and oxygen atoms in total. The molecular formula is C13H12O2S. The van der Waals surface area contributed by atoms with Gasteiger partial charge in [0.2, 0.25) is 0 Å². The topological polar surface area (TPSA) is 26.3 Å². The predicted molar refractivity (Wildman–Crippen MR) is 65.7 cm³/mol. The van der Waals surface area contributed by atoms with Gasteiger partial charge in [-0.05, 0) is 29.5 Å². The Labute approximate surface area is 98.5 Å². The number of rotatable bonds is 3. The second kappa shape index (κ2) is 4.94. The second-order valence-electron chi connectivity index (χ2n) is 3.29. The first-order valence-electron chi connectivity index (χ1n) is 5.12. The Kier molecular flexibility index (Phi) is 3.37. The molecular weight excluding hydrogens is 220 g/mol. The molecule has 0 saturated carbocycles. The fraction of sp³-hybridized carbons (Fsp3) is 0.154. The molecule has 82 valence electrons. The minimum absolute atomic E-state index is 0.241. The van der Waals surface area contributed by atoms with Crippen LogP contribution in [0, 0.1) is 0 Å². The number of benzene rings is 1. The van der Waals surface area contributed by atoms with Crippen LogP contribution in [0.3, 0.4) is 0 Å². The van der Waals surface area contributed by atoms with Crippen LogP contribution in [0.15, 0.2) is 41.8 Å². The summed E-state index contributed by atoms with van der Waals surface area (Å²) in [7, 11) is 0. The van der Waals surface area contributed by atoms with Crippen LogP contribution in [-0.4, -0.2) is 12.6 Å². The van der Waals surface area contributed by atoms with Crippen LogP contribution >= 0.6 is 11.3 Å². The van der Waals surface area contributed by atoms with Crippen molar-refractivity contribution in [1.29, 1.82) is 0 Å². The van der Waals surface area contributed by atoms with Gasteiger partial charge in [0.1, 0.15) is 4.88 Å². The van der Waals surface area contributed by atoms with Crippen molar-refractivity contribution in [3.63, 3.8) is 0 Å². The molecule has 0 N–H and O–H groups in total. The Bertz CT molecular complexity index is 474. The first-order valence-corrected chi connectivity index (χ1v) is 6.00. The van der Waals surface area contributed by atoms with Gasteiger partial charge in [-0.25, -0.2) is 4.79 Å². The number of ether oxygens (including phenoxy) is 1. The van der Waals surface area contributed by atoms with Gasteiger partial charge >= 0.3 is 5.97 Å². The van der Waals surface area contributed by atoms with Crippen LogP contribution in [0.1, 0.15) is 16.6 Å². The molecule has 0 radical (unpaired) electrons. The van der Waals surface area contributed by atoms with Crippen LogP contribution in [0.5, 0.6) is 0 Å². The van der Waals surface area contributed by atoms with Crippen molar-refractivity contribution < 1.29 is 9.53 Å². The summed E-state index contributed by atoms with van der Waals surface area (Å²) in [6.45, 7) is 2.22. The smallest absolute Gasteiger partial charge is 0.348 e. The van der Waals surface area contributed by atoms with Crippen molar-refractivity contribution >= 4 is 17.3 Å². The van der Waals surface area contributed by atoms with Crippen LogP contribution in [-0.2, 0) is 4.74 Å². The quantitative estimate of drug-likeness (QED) is 0.756. The van der Waals surface area contributed by atoms with E-state index in [-0.39, 0.29) is 5.97 Å². The molecule has 0 amide bonds. The predicted octanol–water partition coefficient (Wildman–Crippen LogP) is 3.59. The number of esters is 1. The highest BCUT2D eigenvalue weighted by Crippen LogP contribution is 2.25. The van der Waals surface area contributed by atoms with Crippen LogP contribution < -0.4 is 0 Å². The minimum Gasteiger partial charge on any atom is -0.462 e. The van der Waals surface area contributed by atoms with E-state index in [1.54, 1.807) is 0 Å². The van der Waals surface area contributed by atoms with Gasteiger partial charge in [0.15, 0.2) is 0 Å². The van der Waals surface area contributed by atoms with E-state index in [0.717, 1.165) is 11.1 Å². The van der Waals surface area contributed by atoms with E-state index < -0.39 is 0 Å². The normalized spacial score (nSPS) is 10.1. The number of hydrogen-bond donors (Lipinski definition) is 0. The zero-order valence-electron chi connectivity index (χ0n) is 8.97. The Hall–Kier alpha value is -1.61. The third-order valence-corrected chi connectivity index (χ3v) is 3.09. The first-order chi connectivity index (χ1) is 7.81. The van der Waals surface area contributed by atoms with E-state index in [0.29, 0.717) is 11.5 Å². The Morgan fingerprint density at radius 3 is 2.69 bits per heavy atom. The van der Waals surface area contributed by atoms with Gasteiger partial charge < -0.3 is 4.74 Å². The van der Waals surface area contributed by atoms with E-state index in [1.807, 2.05) is 48.7 Å². The van der Waals surface area contributed by atoms with Crippen molar-refractivity contribution in [2.45, 2.75) is 6.92 Å². The van der Waals surface area contributed by atoms with E-state index in [9.17, 15) is 4.79 Å². The molecule has 0 saturated heterocycles. The first kappa shape index (κ1) is 10.9. The highest BCUT2D eigenvalue weighted by Gasteiger charge is 2.10. The molecule has 0 spiro atoms. The monoisotopic (exact) mass is 232 g/mol. The standard InChI is InChI=1S/C13H12O2S/c1-2-15-13(14)12-8-11(9-16-12)10-6-4-3-5-7-10/h3-9H,2H2,1H3. The van der Waals surface area contributed by atoms with Gasteiger partial charge in [-0.3, -0.25) is 0 Å². The lowest BCUT2D eigenvalue weighted by Crippen LogP contribution is -2.01. The Morgan fingerprint density at radius 2 is 2.00 bits per heavy atom. The maximum atomic E-state index is 11.5. The van der Waals surface area contributed by atoms with E-state index in [2.05, 4.69) is 0 Å². The van der Waals surface area contributed by atoms with Crippen molar-refractivity contribution in [2.75, 3.05) is 6.61 Å². The summed E-state index contributed by atoms with van der Waals surface area (Å²) in [5.74, 6) is -0.241. The largest absolute Gasteiger partial charge is 0.462 e. The number of carbonyl (C=O) groups is 1. The van der Waals surface area contributed by atoms with Crippen molar-refractivity contribution in [1.82, 2.24) is 0 Å². The van der Waals surface area contributed by atoms with Crippen LogP contribution in [0.2, 0.25) is 0 Å². The van der Waals surface area contributed by atoms with Crippen LogP contribution in [0.4, 0.5) is 0 Å². The zero-order chi connectivity index (χ0) is 11.4. The number of carbonyl (C=O) groups excluding carboxylic acids is 1. The van der Waals surface area contributed by atoms with E-state index in [1.165, 1.54) is 11.3 Å². The van der Waals surface area contributed by atoms with Gasteiger partial charge in [-0.1, -0.05) is 30.3 Å². The van der Waals surface area contributed by atoms with Gasteiger partial charge in [-0.2, -0.15) is 0 Å². The van der Waals surface area contributed by atoms with Crippen LogP contribution in [0.25, 0.3) is 11.1 Å². The highest BCUT2D eigenvalue weighted by atomic mass is 32.1. The Balaban J connectivity index is 2.23. The molecule has 0 aliphatic heterocycles. The summed E-state index contributed by atoms with van der Waals surface area (Å²) >= 11 is 1.42.